The molecule has 1 aromatic carbocycles. The number of nitrogens with zero attached hydrogens (tertiary/aromatic N) is 2. The van der Waals surface area contributed by atoms with E-state index in [9.17, 15) is 19.8 Å². The summed E-state index contributed by atoms with van der Waals surface area (Å²) in [4.78, 5) is 30.2. The van der Waals surface area contributed by atoms with Gasteiger partial charge in [0.15, 0.2) is 5.69 Å². The molecule has 4 rings (SSSR count). The van der Waals surface area contributed by atoms with E-state index < -0.39 is 17.3 Å². The van der Waals surface area contributed by atoms with Crippen LogP contribution in [0.25, 0.3) is 0 Å². The van der Waals surface area contributed by atoms with Crippen molar-refractivity contribution in [3.05, 3.63) is 53.9 Å². The third-order valence-electron chi connectivity index (χ3n) is 5.02. The molecule has 1 fully saturated rings. The Morgan fingerprint density at radius 1 is 1.24 bits per heavy atom. The van der Waals surface area contributed by atoms with E-state index in [4.69, 9.17) is 4.74 Å². The van der Waals surface area contributed by atoms with Crippen molar-refractivity contribution in [2.24, 2.45) is 5.41 Å². The SMILES string of the molecule is O=C(c1ncccc1O)N1C[C@@H]2c3ccccc3OC[C@]2(C(=O)O)C1. The molecule has 1 amide bonds. The summed E-state index contributed by atoms with van der Waals surface area (Å²) in [6.07, 6.45) is 1.42. The minimum Gasteiger partial charge on any atom is -0.505 e. The molecular weight excluding hydrogens is 324 g/mol. The number of amides is 1. The Labute approximate surface area is 143 Å². The number of carbonyl (C=O) groups is 2. The number of carboxylic acids is 1. The van der Waals surface area contributed by atoms with Crippen LogP contribution in [-0.4, -0.2) is 51.7 Å². The second-order valence-electron chi connectivity index (χ2n) is 6.40. The lowest BCUT2D eigenvalue weighted by atomic mass is 9.73. The fourth-order valence-corrected chi connectivity index (χ4v) is 3.70. The lowest BCUT2D eigenvalue weighted by molar-refractivity contribution is -0.151. The van der Waals surface area contributed by atoms with Gasteiger partial charge >= 0.3 is 5.97 Å². The molecule has 2 atom stereocenters. The highest BCUT2D eigenvalue weighted by Crippen LogP contribution is 2.50. The van der Waals surface area contributed by atoms with Gasteiger partial charge in [-0.25, -0.2) is 4.98 Å². The minimum absolute atomic E-state index is 0.00198. The number of aromatic nitrogens is 1. The highest BCUT2D eigenvalue weighted by molar-refractivity contribution is 5.96. The van der Waals surface area contributed by atoms with Crippen molar-refractivity contribution >= 4 is 11.9 Å². The Morgan fingerprint density at radius 3 is 2.80 bits per heavy atom. The number of rotatable bonds is 2. The van der Waals surface area contributed by atoms with E-state index in [-0.39, 0.29) is 37.1 Å². The van der Waals surface area contributed by atoms with Crippen LogP contribution in [0, 0.1) is 5.41 Å². The van der Waals surface area contributed by atoms with Gasteiger partial charge in [-0.1, -0.05) is 18.2 Å². The number of hydrogen-bond acceptors (Lipinski definition) is 5. The van der Waals surface area contributed by atoms with E-state index in [1.54, 1.807) is 6.07 Å². The van der Waals surface area contributed by atoms with E-state index in [0.717, 1.165) is 5.56 Å². The van der Waals surface area contributed by atoms with Crippen molar-refractivity contribution in [3.63, 3.8) is 0 Å². The highest BCUT2D eigenvalue weighted by Gasteiger charge is 2.57. The summed E-state index contributed by atoms with van der Waals surface area (Å²) in [5.74, 6) is -1.41. The van der Waals surface area contributed by atoms with Crippen LogP contribution in [0.1, 0.15) is 22.0 Å². The maximum atomic E-state index is 12.8. The van der Waals surface area contributed by atoms with Gasteiger partial charge in [0.25, 0.3) is 5.91 Å². The molecule has 0 unspecified atom stereocenters. The molecule has 1 aromatic heterocycles. The summed E-state index contributed by atoms with van der Waals surface area (Å²) in [6, 6.07) is 10.2. The predicted octanol–water partition coefficient (Wildman–Crippen LogP) is 1.49. The molecule has 0 radical (unpaired) electrons. The van der Waals surface area contributed by atoms with Crippen LogP contribution in [0.3, 0.4) is 0 Å². The smallest absolute Gasteiger partial charge is 0.315 e. The van der Waals surface area contributed by atoms with Crippen molar-refractivity contribution in [2.75, 3.05) is 19.7 Å². The van der Waals surface area contributed by atoms with Gasteiger partial charge in [-0.2, -0.15) is 0 Å². The van der Waals surface area contributed by atoms with Gasteiger partial charge in [-0.3, -0.25) is 9.59 Å². The molecule has 1 saturated heterocycles. The first-order valence-corrected chi connectivity index (χ1v) is 7.91. The van der Waals surface area contributed by atoms with Gasteiger partial charge in [-0.15, -0.1) is 0 Å². The number of benzene rings is 1. The molecule has 0 aliphatic carbocycles. The monoisotopic (exact) mass is 340 g/mol. The summed E-state index contributed by atoms with van der Waals surface area (Å²) < 4.78 is 5.68. The largest absolute Gasteiger partial charge is 0.505 e. The third-order valence-corrected chi connectivity index (χ3v) is 5.02. The molecule has 0 spiro atoms. The van der Waals surface area contributed by atoms with Crippen LogP contribution in [0.15, 0.2) is 42.6 Å². The molecule has 0 bridgehead atoms. The van der Waals surface area contributed by atoms with Gasteiger partial charge < -0.3 is 19.8 Å². The predicted molar refractivity (Wildman–Crippen MR) is 86.6 cm³/mol. The van der Waals surface area contributed by atoms with Gasteiger partial charge in [0.1, 0.15) is 23.5 Å². The first-order chi connectivity index (χ1) is 12.0. The van der Waals surface area contributed by atoms with Gasteiger partial charge in [-0.05, 0) is 18.2 Å². The van der Waals surface area contributed by atoms with E-state index in [1.807, 2.05) is 18.2 Å². The van der Waals surface area contributed by atoms with Gasteiger partial charge in [0.05, 0.1) is 0 Å². The summed E-state index contributed by atoms with van der Waals surface area (Å²) in [6.45, 7) is 0.250. The van der Waals surface area contributed by atoms with Crippen molar-refractivity contribution < 1.29 is 24.5 Å². The van der Waals surface area contributed by atoms with Crippen LogP contribution in [0.4, 0.5) is 0 Å². The molecule has 128 valence electrons. The molecule has 7 nitrogen and oxygen atoms in total. The van der Waals surface area contributed by atoms with Crippen molar-refractivity contribution in [2.45, 2.75) is 5.92 Å². The first kappa shape index (κ1) is 15.4. The molecule has 7 heteroatoms. The Kier molecular flexibility index (Phi) is 3.38. The fraction of sp³-hybridized carbons (Fsp3) is 0.278. The molecule has 2 aliphatic rings. The van der Waals surface area contributed by atoms with Gasteiger partial charge in [0.2, 0.25) is 0 Å². The van der Waals surface area contributed by atoms with Crippen LogP contribution >= 0.6 is 0 Å². The average Bonchev–Trinajstić information content (AvgIpc) is 3.03. The number of fused-ring (bicyclic) bond motifs is 3. The zero-order valence-electron chi connectivity index (χ0n) is 13.3. The number of carboxylic acid groups (broad SMARTS) is 1. The Morgan fingerprint density at radius 2 is 2.04 bits per heavy atom. The maximum absolute atomic E-state index is 12.8. The zero-order chi connectivity index (χ0) is 17.6. The first-order valence-electron chi connectivity index (χ1n) is 7.91. The average molecular weight is 340 g/mol. The second kappa shape index (κ2) is 5.47. The molecular formula is C18H16N2O5. The van der Waals surface area contributed by atoms with Crippen LogP contribution in [-0.2, 0) is 4.79 Å². The molecule has 0 saturated carbocycles. The normalized spacial score (nSPS) is 24.2. The number of ether oxygens (including phenoxy) is 1. The van der Waals surface area contributed by atoms with Crippen LogP contribution in [0.2, 0.25) is 0 Å². The Balaban J connectivity index is 1.73. The third kappa shape index (κ3) is 2.23. The minimum atomic E-state index is -1.20. The lowest BCUT2D eigenvalue weighted by Gasteiger charge is -2.35. The zero-order valence-corrected chi connectivity index (χ0v) is 13.3. The number of likely N-dealkylation sites (tertiary alicyclic amines) is 1. The maximum Gasteiger partial charge on any atom is 0.315 e. The molecule has 2 aliphatic heterocycles. The number of aromatic hydroxyl groups is 1. The van der Waals surface area contributed by atoms with E-state index >= 15 is 0 Å². The van der Waals surface area contributed by atoms with Crippen LogP contribution in [0.5, 0.6) is 11.5 Å². The number of hydrogen-bond donors (Lipinski definition) is 2. The summed E-state index contributed by atoms with van der Waals surface area (Å²) >= 11 is 0. The molecule has 3 heterocycles. The Bertz CT molecular complexity index is 868. The number of aliphatic carboxylic acids is 1. The molecule has 2 N–H and O–H groups in total. The quantitative estimate of drug-likeness (QED) is 0.859. The highest BCUT2D eigenvalue weighted by atomic mass is 16.5. The van der Waals surface area contributed by atoms with Crippen LogP contribution < -0.4 is 4.74 Å². The van der Waals surface area contributed by atoms with Crippen molar-refractivity contribution in [3.8, 4) is 11.5 Å². The fourth-order valence-electron chi connectivity index (χ4n) is 3.70. The molecule has 2 aromatic rings. The summed E-state index contributed by atoms with van der Waals surface area (Å²) in [5, 5.41) is 19.7. The Hall–Kier alpha value is -3.09. The molecule has 25 heavy (non-hydrogen) atoms. The van der Waals surface area contributed by atoms with E-state index in [1.165, 1.54) is 23.2 Å². The van der Waals surface area contributed by atoms with E-state index in [0.29, 0.717) is 5.75 Å². The summed E-state index contributed by atoms with van der Waals surface area (Å²) in [7, 11) is 0. The standard InChI is InChI=1S/C18H16N2O5/c21-13-5-3-7-19-15(13)16(22)20-8-12-11-4-1-2-6-14(11)25-10-18(12,9-20)17(23)24/h1-7,12,21H,8-10H2,(H,23,24)/t12-,18-/m1/s1. The van der Waals surface area contributed by atoms with Crippen molar-refractivity contribution in [1.82, 2.24) is 9.88 Å². The van der Waals surface area contributed by atoms with E-state index in [2.05, 4.69) is 4.98 Å². The number of para-hydroxylation sites is 1. The topological polar surface area (TPSA) is 100.0 Å². The second-order valence-corrected chi connectivity index (χ2v) is 6.40. The summed E-state index contributed by atoms with van der Waals surface area (Å²) in [5.41, 5.74) is -0.485. The number of carbonyl (C=O) groups excluding carboxylic acids is 1. The van der Waals surface area contributed by atoms with Crippen molar-refractivity contribution in [1.29, 1.82) is 0 Å². The van der Waals surface area contributed by atoms with Gasteiger partial charge in [0, 0.05) is 30.8 Å². The number of pyridine rings is 1. The lowest BCUT2D eigenvalue weighted by Crippen LogP contribution is -2.46.